The zero-order valence-corrected chi connectivity index (χ0v) is 16.5. The minimum atomic E-state index is -4.46. The second-order valence-electron chi connectivity index (χ2n) is 7.03. The summed E-state index contributed by atoms with van der Waals surface area (Å²) in [6.07, 6.45) is -3.49. The molecule has 3 aromatic rings. The summed E-state index contributed by atoms with van der Waals surface area (Å²) in [7, 11) is -3.56. The first kappa shape index (κ1) is 20.5. The molecule has 158 valence electrons. The van der Waals surface area contributed by atoms with E-state index in [2.05, 4.69) is 10.1 Å². The molecule has 30 heavy (non-hydrogen) atoms. The zero-order valence-electron chi connectivity index (χ0n) is 15.7. The molecule has 1 aliphatic heterocycles. The number of rotatable bonds is 4. The number of sulfonamides is 1. The molecule has 0 radical (unpaired) electrons. The minimum absolute atomic E-state index is 0.0791. The summed E-state index contributed by atoms with van der Waals surface area (Å²) in [5.41, 5.74) is -0.574. The predicted octanol–water partition coefficient (Wildman–Crippen LogP) is 4.32. The topological polar surface area (TPSA) is 76.3 Å². The van der Waals surface area contributed by atoms with Crippen molar-refractivity contribution < 1.29 is 26.1 Å². The van der Waals surface area contributed by atoms with E-state index < -0.39 is 21.8 Å². The van der Waals surface area contributed by atoms with E-state index >= 15 is 0 Å². The van der Waals surface area contributed by atoms with Gasteiger partial charge in [-0.2, -0.15) is 22.5 Å². The van der Waals surface area contributed by atoms with Gasteiger partial charge >= 0.3 is 6.18 Å². The van der Waals surface area contributed by atoms with E-state index in [0.717, 1.165) is 12.1 Å². The van der Waals surface area contributed by atoms with Crippen molar-refractivity contribution in [3.8, 4) is 11.4 Å². The van der Waals surface area contributed by atoms with Crippen LogP contribution in [-0.2, 0) is 16.2 Å². The third-order valence-corrected chi connectivity index (χ3v) is 6.99. The number of piperidine rings is 1. The highest BCUT2D eigenvalue weighted by atomic mass is 32.2. The van der Waals surface area contributed by atoms with Gasteiger partial charge in [-0.15, -0.1) is 0 Å². The van der Waals surface area contributed by atoms with Crippen LogP contribution in [0.1, 0.15) is 30.2 Å². The summed E-state index contributed by atoms with van der Waals surface area (Å²) < 4.78 is 70.9. The van der Waals surface area contributed by atoms with Gasteiger partial charge in [0, 0.05) is 24.6 Å². The lowest BCUT2D eigenvalue weighted by Crippen LogP contribution is -2.37. The van der Waals surface area contributed by atoms with E-state index in [4.69, 9.17) is 4.52 Å². The van der Waals surface area contributed by atoms with E-state index in [1.54, 1.807) is 30.3 Å². The molecular formula is C20H18F3N3O3S. The van der Waals surface area contributed by atoms with Crippen LogP contribution in [-0.4, -0.2) is 36.0 Å². The average molecular weight is 437 g/mol. The van der Waals surface area contributed by atoms with Crippen LogP contribution in [0.25, 0.3) is 11.4 Å². The van der Waals surface area contributed by atoms with Crippen molar-refractivity contribution in [1.29, 1.82) is 0 Å². The maximum Gasteiger partial charge on any atom is 0.416 e. The normalized spacial score (nSPS) is 16.6. The molecule has 1 aromatic heterocycles. The minimum Gasteiger partial charge on any atom is -0.339 e. The smallest absolute Gasteiger partial charge is 0.339 e. The van der Waals surface area contributed by atoms with E-state index in [9.17, 15) is 21.6 Å². The molecule has 0 bridgehead atoms. The van der Waals surface area contributed by atoms with Crippen LogP contribution < -0.4 is 0 Å². The summed E-state index contributed by atoms with van der Waals surface area (Å²) in [6.45, 7) is 0.590. The van der Waals surface area contributed by atoms with Gasteiger partial charge in [0.05, 0.1) is 10.5 Å². The summed E-state index contributed by atoms with van der Waals surface area (Å²) in [6, 6.07) is 12.9. The van der Waals surface area contributed by atoms with Gasteiger partial charge in [0.2, 0.25) is 21.7 Å². The molecule has 4 rings (SSSR count). The Hall–Kier alpha value is -2.72. The molecule has 2 heterocycles. The standard InChI is InChI=1S/C20H18F3N3O3S/c21-20(22,23)16-6-4-5-15(13-16)18-24-19(29-25-18)14-9-11-26(12-10-14)30(27,28)17-7-2-1-3-8-17/h1-8,13-14H,9-12H2. The lowest BCUT2D eigenvalue weighted by Gasteiger charge is -2.29. The van der Waals surface area contributed by atoms with Crippen LogP contribution in [0.15, 0.2) is 64.0 Å². The number of halogens is 3. The molecule has 0 N–H and O–H groups in total. The largest absolute Gasteiger partial charge is 0.416 e. The summed E-state index contributed by atoms with van der Waals surface area (Å²) >= 11 is 0. The van der Waals surface area contributed by atoms with Gasteiger partial charge < -0.3 is 4.52 Å². The molecule has 1 fully saturated rings. The zero-order chi connectivity index (χ0) is 21.4. The number of nitrogens with zero attached hydrogens (tertiary/aromatic N) is 3. The molecule has 1 aliphatic rings. The van der Waals surface area contributed by atoms with Crippen LogP contribution in [0.3, 0.4) is 0 Å². The Morgan fingerprint density at radius 3 is 2.37 bits per heavy atom. The Bertz CT molecular complexity index is 1120. The number of benzene rings is 2. The van der Waals surface area contributed by atoms with Crippen LogP contribution in [0.5, 0.6) is 0 Å². The molecule has 10 heteroatoms. The Morgan fingerprint density at radius 2 is 1.70 bits per heavy atom. The van der Waals surface area contributed by atoms with Crippen molar-refractivity contribution in [3.05, 3.63) is 66.1 Å². The molecule has 0 amide bonds. The van der Waals surface area contributed by atoms with Gasteiger partial charge in [0.15, 0.2) is 0 Å². The van der Waals surface area contributed by atoms with Gasteiger partial charge in [-0.25, -0.2) is 8.42 Å². The lowest BCUT2D eigenvalue weighted by atomic mass is 9.98. The fraction of sp³-hybridized carbons (Fsp3) is 0.300. The summed E-state index contributed by atoms with van der Waals surface area (Å²) in [4.78, 5) is 4.50. The van der Waals surface area contributed by atoms with E-state index in [1.165, 1.54) is 16.4 Å². The van der Waals surface area contributed by atoms with Crippen molar-refractivity contribution >= 4 is 10.0 Å². The Morgan fingerprint density at radius 1 is 1.00 bits per heavy atom. The van der Waals surface area contributed by atoms with Crippen LogP contribution >= 0.6 is 0 Å². The van der Waals surface area contributed by atoms with Gasteiger partial charge in [0.1, 0.15) is 0 Å². The number of hydrogen-bond acceptors (Lipinski definition) is 5. The fourth-order valence-electron chi connectivity index (χ4n) is 3.44. The van der Waals surface area contributed by atoms with Crippen LogP contribution in [0.4, 0.5) is 13.2 Å². The third-order valence-electron chi connectivity index (χ3n) is 5.07. The predicted molar refractivity (Wildman–Crippen MR) is 102 cm³/mol. The number of alkyl halides is 3. The molecule has 6 nitrogen and oxygen atoms in total. The highest BCUT2D eigenvalue weighted by molar-refractivity contribution is 7.89. The monoisotopic (exact) mass is 437 g/mol. The first-order valence-corrected chi connectivity index (χ1v) is 10.8. The van der Waals surface area contributed by atoms with Crippen LogP contribution in [0, 0.1) is 0 Å². The SMILES string of the molecule is O=S(=O)(c1ccccc1)N1CCC(c2nc(-c3cccc(C(F)(F)F)c3)no2)CC1. The lowest BCUT2D eigenvalue weighted by molar-refractivity contribution is -0.137. The van der Waals surface area contributed by atoms with Crippen molar-refractivity contribution in [3.63, 3.8) is 0 Å². The van der Waals surface area contributed by atoms with E-state index in [0.29, 0.717) is 31.8 Å². The highest BCUT2D eigenvalue weighted by Crippen LogP contribution is 2.33. The molecule has 0 spiro atoms. The maximum absolute atomic E-state index is 12.9. The van der Waals surface area contributed by atoms with Crippen LogP contribution in [0.2, 0.25) is 0 Å². The highest BCUT2D eigenvalue weighted by Gasteiger charge is 2.33. The van der Waals surface area contributed by atoms with Gasteiger partial charge in [0.25, 0.3) is 0 Å². The van der Waals surface area contributed by atoms with E-state index in [-0.39, 0.29) is 22.2 Å². The van der Waals surface area contributed by atoms with E-state index in [1.807, 2.05) is 0 Å². The number of aromatic nitrogens is 2. The Kier molecular flexibility index (Phi) is 5.37. The quantitative estimate of drug-likeness (QED) is 0.608. The average Bonchev–Trinajstić information content (AvgIpc) is 3.24. The summed E-state index contributed by atoms with van der Waals surface area (Å²) in [5, 5.41) is 3.81. The van der Waals surface area contributed by atoms with Crippen molar-refractivity contribution in [2.24, 2.45) is 0 Å². The van der Waals surface area contributed by atoms with Crippen molar-refractivity contribution in [2.45, 2.75) is 29.8 Å². The second-order valence-corrected chi connectivity index (χ2v) is 8.96. The summed E-state index contributed by atoms with van der Waals surface area (Å²) in [5.74, 6) is 0.230. The maximum atomic E-state index is 12.9. The van der Waals surface area contributed by atoms with Gasteiger partial charge in [-0.3, -0.25) is 0 Å². The van der Waals surface area contributed by atoms with Crippen molar-refractivity contribution in [1.82, 2.24) is 14.4 Å². The fourth-order valence-corrected chi connectivity index (χ4v) is 4.93. The second kappa shape index (κ2) is 7.84. The Labute approximate surface area is 171 Å². The molecule has 2 aromatic carbocycles. The first-order chi connectivity index (χ1) is 14.2. The molecule has 0 unspecified atom stereocenters. The molecule has 1 saturated heterocycles. The first-order valence-electron chi connectivity index (χ1n) is 9.31. The molecule has 0 aliphatic carbocycles. The number of hydrogen-bond donors (Lipinski definition) is 0. The molecular weight excluding hydrogens is 419 g/mol. The van der Waals surface area contributed by atoms with Gasteiger partial charge in [-0.1, -0.05) is 35.5 Å². The molecule has 0 atom stereocenters. The Balaban J connectivity index is 1.46. The third kappa shape index (κ3) is 4.10. The van der Waals surface area contributed by atoms with Gasteiger partial charge in [-0.05, 0) is 37.1 Å². The molecule has 0 saturated carbocycles. The van der Waals surface area contributed by atoms with Crippen molar-refractivity contribution in [2.75, 3.05) is 13.1 Å².